The molecule has 22 heavy (non-hydrogen) atoms. The van der Waals surface area contributed by atoms with Gasteiger partial charge in [-0.05, 0) is 24.8 Å². The number of amides is 1. The van der Waals surface area contributed by atoms with E-state index in [1.807, 2.05) is 4.90 Å². The Morgan fingerprint density at radius 3 is 3.09 bits per heavy atom. The molecule has 0 aromatic carbocycles. The van der Waals surface area contributed by atoms with E-state index < -0.39 is 0 Å². The van der Waals surface area contributed by atoms with Crippen molar-refractivity contribution in [3.05, 3.63) is 34.8 Å². The number of aryl methyl sites for hydroxylation is 1. The minimum Gasteiger partial charge on any atom is -0.425 e. The van der Waals surface area contributed by atoms with Crippen LogP contribution >= 0.6 is 11.6 Å². The standard InChI is InChI=1S/C15H17ClN4O2/c1-9-18-19-14(22-9)15-4-2-3-10(15)7-20(8-15)13(21)12-5-11(16)6-17-12/h5-6,10,17H,2-4,7-8H2,1H3/t10-,15-/m0/s1. The number of rotatable bonds is 2. The molecule has 1 aliphatic carbocycles. The second kappa shape index (κ2) is 4.84. The summed E-state index contributed by atoms with van der Waals surface area (Å²) in [5, 5.41) is 8.77. The van der Waals surface area contributed by atoms with E-state index in [9.17, 15) is 4.79 Å². The predicted octanol–water partition coefficient (Wildman–Crippen LogP) is 2.55. The van der Waals surface area contributed by atoms with Crippen LogP contribution in [0.25, 0.3) is 0 Å². The number of aromatic amines is 1. The number of nitrogens with zero attached hydrogens (tertiary/aromatic N) is 3. The van der Waals surface area contributed by atoms with E-state index in [2.05, 4.69) is 15.2 Å². The molecule has 6 nitrogen and oxygen atoms in total. The quantitative estimate of drug-likeness (QED) is 0.922. The average Bonchev–Trinajstić information content (AvgIpc) is 3.19. The van der Waals surface area contributed by atoms with Gasteiger partial charge in [-0.2, -0.15) is 0 Å². The zero-order valence-electron chi connectivity index (χ0n) is 12.3. The lowest BCUT2D eigenvalue weighted by molar-refractivity contribution is 0.0770. The van der Waals surface area contributed by atoms with E-state index in [4.69, 9.17) is 16.0 Å². The van der Waals surface area contributed by atoms with Crippen molar-refractivity contribution in [2.45, 2.75) is 31.6 Å². The van der Waals surface area contributed by atoms with Gasteiger partial charge in [-0.15, -0.1) is 10.2 Å². The number of aromatic nitrogens is 3. The first-order valence-corrected chi connectivity index (χ1v) is 7.90. The highest BCUT2D eigenvalue weighted by Gasteiger charge is 2.55. The number of fused-ring (bicyclic) bond motifs is 1. The van der Waals surface area contributed by atoms with Crippen LogP contribution in [0.4, 0.5) is 0 Å². The van der Waals surface area contributed by atoms with Crippen LogP contribution in [-0.4, -0.2) is 39.1 Å². The first-order chi connectivity index (χ1) is 10.6. The Balaban J connectivity index is 1.63. The van der Waals surface area contributed by atoms with Crippen molar-refractivity contribution in [3.8, 4) is 0 Å². The van der Waals surface area contributed by atoms with Gasteiger partial charge in [0.05, 0.1) is 10.4 Å². The van der Waals surface area contributed by atoms with E-state index in [0.29, 0.717) is 35.0 Å². The fourth-order valence-electron chi connectivity index (χ4n) is 3.95. The molecule has 4 rings (SSSR count). The predicted molar refractivity (Wildman–Crippen MR) is 79.8 cm³/mol. The van der Waals surface area contributed by atoms with Crippen molar-refractivity contribution in [1.82, 2.24) is 20.1 Å². The molecule has 1 saturated heterocycles. The highest BCUT2D eigenvalue weighted by atomic mass is 35.5. The minimum absolute atomic E-state index is 0.0167. The zero-order chi connectivity index (χ0) is 15.3. The van der Waals surface area contributed by atoms with Gasteiger partial charge in [-0.3, -0.25) is 4.79 Å². The van der Waals surface area contributed by atoms with Crippen molar-refractivity contribution in [1.29, 1.82) is 0 Å². The van der Waals surface area contributed by atoms with Crippen molar-refractivity contribution in [2.24, 2.45) is 5.92 Å². The molecule has 2 fully saturated rings. The van der Waals surface area contributed by atoms with Gasteiger partial charge in [0.15, 0.2) is 0 Å². The smallest absolute Gasteiger partial charge is 0.270 e. The van der Waals surface area contributed by atoms with Crippen molar-refractivity contribution < 1.29 is 9.21 Å². The Bertz CT molecular complexity index is 725. The Hall–Kier alpha value is -1.82. The number of likely N-dealkylation sites (tertiary alicyclic amines) is 1. The zero-order valence-corrected chi connectivity index (χ0v) is 13.1. The molecule has 2 aromatic rings. The third-order valence-electron chi connectivity index (χ3n) is 4.99. The second-order valence-corrected chi connectivity index (χ2v) is 6.73. The van der Waals surface area contributed by atoms with Gasteiger partial charge in [0.1, 0.15) is 5.69 Å². The Labute approximate surface area is 132 Å². The molecule has 0 unspecified atom stereocenters. The summed E-state index contributed by atoms with van der Waals surface area (Å²) in [5.74, 6) is 1.64. The van der Waals surface area contributed by atoms with Gasteiger partial charge in [0.25, 0.3) is 5.91 Å². The van der Waals surface area contributed by atoms with E-state index in [0.717, 1.165) is 25.8 Å². The normalized spacial score (nSPS) is 27.4. The SMILES string of the molecule is Cc1nnc([C@]23CCC[C@H]2CN(C(=O)c2cc(Cl)c[nH]2)C3)o1. The monoisotopic (exact) mass is 320 g/mol. The molecular formula is C15H17ClN4O2. The first-order valence-electron chi connectivity index (χ1n) is 7.52. The van der Waals surface area contributed by atoms with E-state index in [1.165, 1.54) is 0 Å². The molecule has 2 aromatic heterocycles. The number of hydrogen-bond acceptors (Lipinski definition) is 4. The molecule has 2 aliphatic rings. The van der Waals surface area contributed by atoms with Crippen molar-refractivity contribution in [2.75, 3.05) is 13.1 Å². The summed E-state index contributed by atoms with van der Waals surface area (Å²) in [6, 6.07) is 1.67. The van der Waals surface area contributed by atoms with Crippen LogP contribution in [-0.2, 0) is 5.41 Å². The molecule has 1 N–H and O–H groups in total. The lowest BCUT2D eigenvalue weighted by Crippen LogP contribution is -2.35. The number of carbonyl (C=O) groups is 1. The Morgan fingerprint density at radius 1 is 1.55 bits per heavy atom. The van der Waals surface area contributed by atoms with Crippen LogP contribution in [0.1, 0.15) is 41.5 Å². The van der Waals surface area contributed by atoms with Crippen LogP contribution in [0, 0.1) is 12.8 Å². The minimum atomic E-state index is -0.173. The van der Waals surface area contributed by atoms with Crippen LogP contribution in [0.3, 0.4) is 0 Å². The van der Waals surface area contributed by atoms with Crippen LogP contribution in [0.2, 0.25) is 5.02 Å². The summed E-state index contributed by atoms with van der Waals surface area (Å²) in [4.78, 5) is 17.4. The number of carbonyl (C=O) groups excluding carboxylic acids is 1. The van der Waals surface area contributed by atoms with Gasteiger partial charge in [0.2, 0.25) is 11.8 Å². The first kappa shape index (κ1) is 13.8. The van der Waals surface area contributed by atoms with E-state index in [1.54, 1.807) is 19.2 Å². The third-order valence-corrected chi connectivity index (χ3v) is 5.21. The Kier molecular flexibility index (Phi) is 3.04. The maximum absolute atomic E-state index is 12.6. The molecule has 1 amide bonds. The summed E-state index contributed by atoms with van der Waals surface area (Å²) in [6.45, 7) is 3.17. The molecule has 116 valence electrons. The lowest BCUT2D eigenvalue weighted by Gasteiger charge is -2.24. The number of H-pyrrole nitrogens is 1. The van der Waals surface area contributed by atoms with Gasteiger partial charge in [-0.1, -0.05) is 18.0 Å². The second-order valence-electron chi connectivity index (χ2n) is 6.29. The number of nitrogens with one attached hydrogen (secondary N) is 1. The number of halogens is 1. The van der Waals surface area contributed by atoms with Crippen LogP contribution in [0.15, 0.2) is 16.7 Å². The largest absolute Gasteiger partial charge is 0.425 e. The molecule has 3 heterocycles. The highest BCUT2D eigenvalue weighted by molar-refractivity contribution is 6.30. The van der Waals surface area contributed by atoms with Gasteiger partial charge in [-0.25, -0.2) is 0 Å². The molecule has 1 aliphatic heterocycles. The molecule has 7 heteroatoms. The summed E-state index contributed by atoms with van der Waals surface area (Å²) < 4.78 is 5.72. The fraction of sp³-hybridized carbons (Fsp3) is 0.533. The third kappa shape index (κ3) is 1.97. The van der Waals surface area contributed by atoms with E-state index >= 15 is 0 Å². The average molecular weight is 321 g/mol. The number of hydrogen-bond donors (Lipinski definition) is 1. The van der Waals surface area contributed by atoms with Gasteiger partial charge < -0.3 is 14.3 Å². The van der Waals surface area contributed by atoms with Crippen molar-refractivity contribution >= 4 is 17.5 Å². The van der Waals surface area contributed by atoms with Crippen molar-refractivity contribution in [3.63, 3.8) is 0 Å². The van der Waals surface area contributed by atoms with Gasteiger partial charge in [0, 0.05) is 26.2 Å². The molecule has 0 radical (unpaired) electrons. The topological polar surface area (TPSA) is 75.0 Å². The molecule has 0 bridgehead atoms. The fourth-order valence-corrected chi connectivity index (χ4v) is 4.12. The lowest BCUT2D eigenvalue weighted by atomic mass is 9.80. The molecular weight excluding hydrogens is 304 g/mol. The summed E-state index contributed by atoms with van der Waals surface area (Å²) in [7, 11) is 0. The summed E-state index contributed by atoms with van der Waals surface area (Å²) in [6.07, 6.45) is 4.86. The van der Waals surface area contributed by atoms with Gasteiger partial charge >= 0.3 is 0 Å². The van der Waals surface area contributed by atoms with Crippen LogP contribution < -0.4 is 0 Å². The maximum atomic E-state index is 12.6. The Morgan fingerprint density at radius 2 is 2.41 bits per heavy atom. The summed E-state index contributed by atoms with van der Waals surface area (Å²) >= 11 is 5.90. The molecule has 2 atom stereocenters. The highest BCUT2D eigenvalue weighted by Crippen LogP contribution is 2.50. The van der Waals surface area contributed by atoms with E-state index in [-0.39, 0.29) is 11.3 Å². The molecule has 1 saturated carbocycles. The summed E-state index contributed by atoms with van der Waals surface area (Å²) in [5.41, 5.74) is 0.356. The van der Waals surface area contributed by atoms with Crippen LogP contribution in [0.5, 0.6) is 0 Å². The molecule has 0 spiro atoms. The maximum Gasteiger partial charge on any atom is 0.270 e.